The summed E-state index contributed by atoms with van der Waals surface area (Å²) in [5.41, 5.74) is 0.930. The van der Waals surface area contributed by atoms with Crippen molar-refractivity contribution in [1.82, 2.24) is 0 Å². The number of esters is 2. The molecule has 88 valence electrons. The molecule has 17 heavy (non-hydrogen) atoms. The van der Waals surface area contributed by atoms with Gasteiger partial charge in [-0.25, -0.2) is 4.79 Å². The van der Waals surface area contributed by atoms with Crippen molar-refractivity contribution in [3.63, 3.8) is 0 Å². The highest BCUT2D eigenvalue weighted by atomic mass is 16.6. The topological polar surface area (TPSA) is 52.6 Å². The second-order valence-electron chi connectivity index (χ2n) is 3.69. The van der Waals surface area contributed by atoms with Gasteiger partial charge in [-0.1, -0.05) is 30.3 Å². The molecule has 1 heterocycles. The molecule has 1 aromatic rings. The summed E-state index contributed by atoms with van der Waals surface area (Å²) in [6, 6.07) is 9.45. The Morgan fingerprint density at radius 2 is 2.12 bits per heavy atom. The van der Waals surface area contributed by atoms with Crippen molar-refractivity contribution in [2.24, 2.45) is 0 Å². The normalized spacial score (nSPS) is 18.6. The average molecular weight is 232 g/mol. The summed E-state index contributed by atoms with van der Waals surface area (Å²) in [6.45, 7) is 0.129. The fourth-order valence-corrected chi connectivity index (χ4v) is 1.41. The highest BCUT2D eigenvalue weighted by Gasteiger charge is 2.29. The number of carbonyl (C=O) groups excluding carboxylic acids is 2. The van der Waals surface area contributed by atoms with E-state index in [1.165, 1.54) is 6.08 Å². The van der Waals surface area contributed by atoms with Crippen LogP contribution >= 0.6 is 0 Å². The second kappa shape index (κ2) is 5.30. The Bertz CT molecular complexity index is 428. The first kappa shape index (κ1) is 11.4. The van der Waals surface area contributed by atoms with Crippen LogP contribution in [0.4, 0.5) is 0 Å². The van der Waals surface area contributed by atoms with Crippen LogP contribution in [0.2, 0.25) is 0 Å². The lowest BCUT2D eigenvalue weighted by atomic mass is 10.2. The first-order valence-electron chi connectivity index (χ1n) is 5.33. The average Bonchev–Trinajstić information content (AvgIpc) is 2.32. The van der Waals surface area contributed by atoms with E-state index in [-0.39, 0.29) is 18.7 Å². The lowest BCUT2D eigenvalue weighted by molar-refractivity contribution is -0.177. The molecule has 1 aromatic carbocycles. The van der Waals surface area contributed by atoms with Gasteiger partial charge in [0, 0.05) is 6.08 Å². The molecule has 1 aliphatic heterocycles. The molecular weight excluding hydrogens is 220 g/mol. The van der Waals surface area contributed by atoms with Gasteiger partial charge in [-0.3, -0.25) is 4.79 Å². The van der Waals surface area contributed by atoms with Crippen LogP contribution in [-0.2, 0) is 19.1 Å². The van der Waals surface area contributed by atoms with Gasteiger partial charge >= 0.3 is 11.9 Å². The van der Waals surface area contributed by atoms with Crippen LogP contribution < -0.4 is 0 Å². The van der Waals surface area contributed by atoms with E-state index in [0.717, 1.165) is 5.56 Å². The Labute approximate surface area is 98.8 Å². The Kier molecular flexibility index (Phi) is 3.55. The SMILES string of the molecule is O=C(C=Cc1ccccc1)OCC1CC(=O)O1. The quantitative estimate of drug-likeness (QED) is 0.584. The molecule has 0 bridgehead atoms. The predicted molar refractivity (Wildman–Crippen MR) is 60.9 cm³/mol. The molecule has 0 saturated carbocycles. The van der Waals surface area contributed by atoms with E-state index in [0.29, 0.717) is 6.42 Å². The van der Waals surface area contributed by atoms with Gasteiger partial charge in [0.1, 0.15) is 12.7 Å². The van der Waals surface area contributed by atoms with Gasteiger partial charge in [-0.05, 0) is 11.6 Å². The third-order valence-electron chi connectivity index (χ3n) is 2.32. The minimum Gasteiger partial charge on any atom is -0.459 e. The molecule has 2 rings (SSSR count). The van der Waals surface area contributed by atoms with Crippen molar-refractivity contribution in [3.05, 3.63) is 42.0 Å². The van der Waals surface area contributed by atoms with Crippen LogP contribution in [0.15, 0.2) is 36.4 Å². The summed E-state index contributed by atoms with van der Waals surface area (Å²) < 4.78 is 9.63. The summed E-state index contributed by atoms with van der Waals surface area (Å²) >= 11 is 0. The van der Waals surface area contributed by atoms with Crippen LogP contribution in [0.1, 0.15) is 12.0 Å². The largest absolute Gasteiger partial charge is 0.459 e. The van der Waals surface area contributed by atoms with Crippen molar-refractivity contribution in [1.29, 1.82) is 0 Å². The lowest BCUT2D eigenvalue weighted by Gasteiger charge is -2.24. The predicted octanol–water partition coefficient (Wildman–Crippen LogP) is 1.56. The van der Waals surface area contributed by atoms with Crippen molar-refractivity contribution < 1.29 is 19.1 Å². The Morgan fingerprint density at radius 1 is 1.41 bits per heavy atom. The van der Waals surface area contributed by atoms with Crippen LogP contribution in [0, 0.1) is 0 Å². The molecule has 0 N–H and O–H groups in total. The van der Waals surface area contributed by atoms with Gasteiger partial charge in [0.15, 0.2) is 0 Å². The summed E-state index contributed by atoms with van der Waals surface area (Å²) in [4.78, 5) is 21.8. The van der Waals surface area contributed by atoms with E-state index in [2.05, 4.69) is 0 Å². The third-order valence-corrected chi connectivity index (χ3v) is 2.32. The highest BCUT2D eigenvalue weighted by molar-refractivity contribution is 5.87. The van der Waals surface area contributed by atoms with Gasteiger partial charge in [-0.15, -0.1) is 0 Å². The van der Waals surface area contributed by atoms with Crippen molar-refractivity contribution >= 4 is 18.0 Å². The molecule has 1 atom stereocenters. The first-order chi connectivity index (χ1) is 8.24. The summed E-state index contributed by atoms with van der Waals surface area (Å²) in [6.07, 6.45) is 3.09. The Balaban J connectivity index is 1.74. The summed E-state index contributed by atoms with van der Waals surface area (Å²) in [5.74, 6) is -0.678. The molecule has 0 aromatic heterocycles. The first-order valence-corrected chi connectivity index (χ1v) is 5.33. The van der Waals surface area contributed by atoms with E-state index in [4.69, 9.17) is 9.47 Å². The van der Waals surface area contributed by atoms with Crippen molar-refractivity contribution in [3.8, 4) is 0 Å². The van der Waals surface area contributed by atoms with Gasteiger partial charge in [0.25, 0.3) is 0 Å². The zero-order valence-corrected chi connectivity index (χ0v) is 9.17. The number of benzene rings is 1. The standard InChI is InChI=1S/C13H12O4/c14-12(16-9-11-8-13(15)17-11)7-6-10-4-2-1-3-5-10/h1-7,11H,8-9H2. The van der Waals surface area contributed by atoms with Crippen LogP contribution in [0.3, 0.4) is 0 Å². The van der Waals surface area contributed by atoms with Gasteiger partial charge in [0.2, 0.25) is 0 Å². The number of ether oxygens (including phenoxy) is 2. The van der Waals surface area contributed by atoms with Crippen LogP contribution in [0.5, 0.6) is 0 Å². The summed E-state index contributed by atoms with van der Waals surface area (Å²) in [5, 5.41) is 0. The molecule has 1 unspecified atom stereocenters. The number of hydrogen-bond donors (Lipinski definition) is 0. The lowest BCUT2D eigenvalue weighted by Crippen LogP contribution is -2.36. The van der Waals surface area contributed by atoms with Gasteiger partial charge in [0.05, 0.1) is 6.42 Å². The number of hydrogen-bond acceptors (Lipinski definition) is 4. The van der Waals surface area contributed by atoms with Gasteiger partial charge < -0.3 is 9.47 Å². The molecule has 0 radical (unpaired) electrons. The molecule has 4 heteroatoms. The smallest absolute Gasteiger partial charge is 0.330 e. The maximum absolute atomic E-state index is 11.3. The van der Waals surface area contributed by atoms with E-state index in [1.54, 1.807) is 6.08 Å². The molecule has 1 aliphatic rings. The zero-order valence-electron chi connectivity index (χ0n) is 9.17. The third kappa shape index (κ3) is 3.45. The molecule has 0 amide bonds. The second-order valence-corrected chi connectivity index (χ2v) is 3.69. The van der Waals surface area contributed by atoms with E-state index < -0.39 is 5.97 Å². The van der Waals surface area contributed by atoms with E-state index in [1.807, 2.05) is 30.3 Å². The number of cyclic esters (lactones) is 1. The molecule has 1 fully saturated rings. The fourth-order valence-electron chi connectivity index (χ4n) is 1.41. The summed E-state index contributed by atoms with van der Waals surface area (Å²) in [7, 11) is 0. The Morgan fingerprint density at radius 3 is 2.76 bits per heavy atom. The molecule has 0 aliphatic carbocycles. The highest BCUT2D eigenvalue weighted by Crippen LogP contribution is 2.13. The molecule has 0 spiro atoms. The number of carbonyl (C=O) groups is 2. The maximum atomic E-state index is 11.3. The van der Waals surface area contributed by atoms with Crippen molar-refractivity contribution in [2.45, 2.75) is 12.5 Å². The van der Waals surface area contributed by atoms with Crippen LogP contribution in [0.25, 0.3) is 6.08 Å². The van der Waals surface area contributed by atoms with Crippen molar-refractivity contribution in [2.75, 3.05) is 6.61 Å². The molecule has 1 saturated heterocycles. The molecule has 4 nitrogen and oxygen atoms in total. The number of rotatable bonds is 4. The zero-order chi connectivity index (χ0) is 12.1. The van der Waals surface area contributed by atoms with Crippen LogP contribution in [-0.4, -0.2) is 24.6 Å². The minimum atomic E-state index is -0.434. The van der Waals surface area contributed by atoms with Gasteiger partial charge in [-0.2, -0.15) is 0 Å². The fraction of sp³-hybridized carbons (Fsp3) is 0.231. The maximum Gasteiger partial charge on any atom is 0.330 e. The van der Waals surface area contributed by atoms with E-state index in [9.17, 15) is 9.59 Å². The Hall–Kier alpha value is -2.10. The monoisotopic (exact) mass is 232 g/mol. The van der Waals surface area contributed by atoms with E-state index >= 15 is 0 Å². The minimum absolute atomic E-state index is 0.129. The molecular formula is C13H12O4.